The van der Waals surface area contributed by atoms with Gasteiger partial charge in [0.15, 0.2) is 0 Å². The van der Waals surface area contributed by atoms with Crippen molar-refractivity contribution in [3.63, 3.8) is 0 Å². The fourth-order valence-electron chi connectivity index (χ4n) is 1.50. The number of alkyl halides is 3. The number of nitrogens with zero attached hydrogens (tertiary/aromatic N) is 2. The first-order valence-electron chi connectivity index (χ1n) is 4.75. The van der Waals surface area contributed by atoms with Crippen molar-refractivity contribution in [3.8, 4) is 0 Å². The maximum absolute atomic E-state index is 12.6. The van der Waals surface area contributed by atoms with Crippen LogP contribution >= 0.6 is 11.3 Å². The highest BCUT2D eigenvalue weighted by Gasteiger charge is 2.36. The van der Waals surface area contributed by atoms with Crippen LogP contribution in [0.4, 0.5) is 13.2 Å². The number of halogens is 3. The van der Waals surface area contributed by atoms with E-state index in [4.69, 9.17) is 5.11 Å². The summed E-state index contributed by atoms with van der Waals surface area (Å²) in [6.45, 7) is 0.111. The minimum Gasteiger partial charge on any atom is -0.478 e. The van der Waals surface area contributed by atoms with Crippen LogP contribution in [0.1, 0.15) is 21.6 Å². The van der Waals surface area contributed by atoms with E-state index in [1.54, 1.807) is 10.9 Å². The average molecular weight is 276 g/mol. The third kappa shape index (κ3) is 2.53. The molecule has 0 bridgehead atoms. The number of hydrogen-bond donors (Lipinski definition) is 1. The van der Waals surface area contributed by atoms with Crippen molar-refractivity contribution in [1.82, 2.24) is 9.55 Å². The Balaban J connectivity index is 2.37. The van der Waals surface area contributed by atoms with E-state index >= 15 is 0 Å². The van der Waals surface area contributed by atoms with E-state index in [0.29, 0.717) is 5.69 Å². The van der Waals surface area contributed by atoms with Crippen LogP contribution in [0.2, 0.25) is 0 Å². The van der Waals surface area contributed by atoms with Crippen molar-refractivity contribution in [2.45, 2.75) is 12.7 Å². The summed E-state index contributed by atoms with van der Waals surface area (Å²) < 4.78 is 39.0. The second-order valence-electron chi connectivity index (χ2n) is 3.54. The molecule has 0 aliphatic heterocycles. The summed E-state index contributed by atoms with van der Waals surface area (Å²) in [5.74, 6) is -1.60. The lowest BCUT2D eigenvalue weighted by atomic mass is 10.2. The number of thiazole rings is 1. The lowest BCUT2D eigenvalue weighted by Crippen LogP contribution is -2.09. The van der Waals surface area contributed by atoms with Gasteiger partial charge in [0.05, 0.1) is 28.9 Å². The minimum atomic E-state index is -4.68. The van der Waals surface area contributed by atoms with Gasteiger partial charge in [-0.15, -0.1) is 11.3 Å². The molecule has 2 aromatic heterocycles. The summed E-state index contributed by atoms with van der Waals surface area (Å²) in [4.78, 5) is 14.7. The molecule has 0 aromatic carbocycles. The topological polar surface area (TPSA) is 55.1 Å². The van der Waals surface area contributed by atoms with E-state index in [1.807, 2.05) is 0 Å². The molecule has 18 heavy (non-hydrogen) atoms. The molecule has 2 heterocycles. The molecule has 0 aliphatic rings. The summed E-state index contributed by atoms with van der Waals surface area (Å²) >= 11 is 1.32. The summed E-state index contributed by atoms with van der Waals surface area (Å²) in [5, 5.41) is 10.4. The van der Waals surface area contributed by atoms with E-state index in [9.17, 15) is 18.0 Å². The Hall–Kier alpha value is -1.83. The monoisotopic (exact) mass is 276 g/mol. The Morgan fingerprint density at radius 2 is 2.17 bits per heavy atom. The minimum absolute atomic E-state index is 0.111. The van der Waals surface area contributed by atoms with Crippen molar-refractivity contribution in [3.05, 3.63) is 40.1 Å². The Kier molecular flexibility index (Phi) is 3.12. The molecule has 0 amide bonds. The Morgan fingerprint density at radius 3 is 2.61 bits per heavy atom. The highest BCUT2D eigenvalue weighted by Crippen LogP contribution is 2.32. The van der Waals surface area contributed by atoms with Crippen molar-refractivity contribution in [1.29, 1.82) is 0 Å². The zero-order valence-electron chi connectivity index (χ0n) is 8.81. The number of rotatable bonds is 3. The van der Waals surface area contributed by atoms with Gasteiger partial charge in [0, 0.05) is 17.8 Å². The van der Waals surface area contributed by atoms with E-state index in [2.05, 4.69) is 4.98 Å². The van der Waals surface area contributed by atoms with Crippen LogP contribution in [-0.4, -0.2) is 20.6 Å². The SMILES string of the molecule is O=C(O)c1cn(Cc2cscn2)cc1C(F)(F)F. The third-order valence-corrected chi connectivity index (χ3v) is 2.88. The van der Waals surface area contributed by atoms with Gasteiger partial charge in [-0.25, -0.2) is 9.78 Å². The molecule has 0 atom stereocenters. The highest BCUT2D eigenvalue weighted by molar-refractivity contribution is 7.07. The van der Waals surface area contributed by atoms with Crippen LogP contribution in [0.15, 0.2) is 23.3 Å². The van der Waals surface area contributed by atoms with E-state index in [1.165, 1.54) is 15.9 Å². The zero-order valence-corrected chi connectivity index (χ0v) is 9.63. The van der Waals surface area contributed by atoms with Crippen molar-refractivity contribution in [2.75, 3.05) is 0 Å². The maximum Gasteiger partial charge on any atom is 0.418 e. The van der Waals surface area contributed by atoms with Crippen LogP contribution in [0.5, 0.6) is 0 Å². The van der Waals surface area contributed by atoms with Crippen molar-refractivity contribution in [2.24, 2.45) is 0 Å². The normalized spacial score (nSPS) is 11.7. The fourth-order valence-corrected chi connectivity index (χ4v) is 2.05. The van der Waals surface area contributed by atoms with Crippen molar-refractivity contribution < 1.29 is 23.1 Å². The molecule has 0 aliphatic carbocycles. The van der Waals surface area contributed by atoms with Gasteiger partial charge in [-0.2, -0.15) is 13.2 Å². The molecule has 2 rings (SSSR count). The quantitative estimate of drug-likeness (QED) is 0.937. The number of carboxylic acids is 1. The van der Waals surface area contributed by atoms with E-state index in [0.717, 1.165) is 12.4 Å². The average Bonchev–Trinajstić information content (AvgIpc) is 2.85. The lowest BCUT2D eigenvalue weighted by molar-refractivity contribution is -0.138. The molecule has 8 heteroatoms. The van der Waals surface area contributed by atoms with Gasteiger partial charge in [-0.3, -0.25) is 0 Å². The molecular weight excluding hydrogens is 269 g/mol. The van der Waals surface area contributed by atoms with E-state index in [-0.39, 0.29) is 6.54 Å². The molecule has 4 nitrogen and oxygen atoms in total. The predicted octanol–water partition coefficient (Wildman–Crippen LogP) is 2.71. The van der Waals surface area contributed by atoms with E-state index < -0.39 is 23.3 Å². The molecule has 0 radical (unpaired) electrons. The van der Waals surface area contributed by atoms with Gasteiger partial charge in [0.1, 0.15) is 0 Å². The van der Waals surface area contributed by atoms with Crippen LogP contribution < -0.4 is 0 Å². The Bertz CT molecular complexity index is 560. The summed E-state index contributed by atoms with van der Waals surface area (Å²) in [7, 11) is 0. The molecular formula is C10H7F3N2O2S. The molecule has 0 saturated carbocycles. The van der Waals surface area contributed by atoms with Crippen LogP contribution in [0, 0.1) is 0 Å². The number of hydrogen-bond acceptors (Lipinski definition) is 3. The van der Waals surface area contributed by atoms with Gasteiger partial charge in [-0.1, -0.05) is 0 Å². The van der Waals surface area contributed by atoms with Gasteiger partial charge < -0.3 is 9.67 Å². The summed E-state index contributed by atoms with van der Waals surface area (Å²) in [6.07, 6.45) is -2.94. The molecule has 96 valence electrons. The smallest absolute Gasteiger partial charge is 0.418 e. The van der Waals surface area contributed by atoms with Gasteiger partial charge in [0.2, 0.25) is 0 Å². The number of carbonyl (C=O) groups is 1. The first-order valence-corrected chi connectivity index (χ1v) is 5.69. The number of aromatic carboxylic acids is 1. The second-order valence-corrected chi connectivity index (χ2v) is 4.26. The van der Waals surface area contributed by atoms with Crippen LogP contribution in [0.25, 0.3) is 0 Å². The summed E-state index contributed by atoms with van der Waals surface area (Å²) in [6, 6.07) is 0. The summed E-state index contributed by atoms with van der Waals surface area (Å²) in [5.41, 5.74) is 0.241. The lowest BCUT2D eigenvalue weighted by Gasteiger charge is -2.04. The second kappa shape index (κ2) is 4.45. The predicted molar refractivity (Wildman–Crippen MR) is 57.6 cm³/mol. The largest absolute Gasteiger partial charge is 0.478 e. The molecule has 0 spiro atoms. The van der Waals surface area contributed by atoms with Crippen LogP contribution in [0.3, 0.4) is 0 Å². The third-order valence-electron chi connectivity index (χ3n) is 2.24. The molecule has 0 saturated heterocycles. The molecule has 1 N–H and O–H groups in total. The Morgan fingerprint density at radius 1 is 1.44 bits per heavy atom. The molecule has 0 fully saturated rings. The number of aromatic nitrogens is 2. The Labute approximate surface area is 103 Å². The van der Waals surface area contributed by atoms with Crippen molar-refractivity contribution >= 4 is 17.3 Å². The fraction of sp³-hybridized carbons (Fsp3) is 0.200. The molecule has 2 aromatic rings. The molecule has 0 unspecified atom stereocenters. The first kappa shape index (κ1) is 12.6. The van der Waals surface area contributed by atoms with Gasteiger partial charge in [-0.05, 0) is 0 Å². The van der Waals surface area contributed by atoms with Gasteiger partial charge >= 0.3 is 12.1 Å². The highest BCUT2D eigenvalue weighted by atomic mass is 32.1. The zero-order chi connectivity index (χ0) is 13.3. The standard InChI is InChI=1S/C10H7F3N2O2S/c11-10(12,13)8-3-15(2-7(8)9(16)17)1-6-4-18-5-14-6/h2-5H,1H2,(H,16,17). The maximum atomic E-state index is 12.6. The first-order chi connectivity index (χ1) is 8.38. The van der Waals surface area contributed by atoms with Crippen LogP contribution in [-0.2, 0) is 12.7 Å². The number of carboxylic acid groups (broad SMARTS) is 1. The van der Waals surface area contributed by atoms with Gasteiger partial charge in [0.25, 0.3) is 0 Å².